The third-order valence-corrected chi connectivity index (χ3v) is 7.98. The summed E-state index contributed by atoms with van der Waals surface area (Å²) in [6.07, 6.45) is 0. The maximum atomic E-state index is 13.3. The number of hydrogen-bond donors (Lipinski definition) is 1. The molecule has 0 unspecified atom stereocenters. The summed E-state index contributed by atoms with van der Waals surface area (Å²) in [5.41, 5.74) is 3.90. The Labute approximate surface area is 232 Å². The highest BCUT2D eigenvalue weighted by atomic mass is 35.5. The highest BCUT2D eigenvalue weighted by molar-refractivity contribution is 7.99. The number of benzene rings is 3. The fourth-order valence-electron chi connectivity index (χ4n) is 3.76. The van der Waals surface area contributed by atoms with Crippen molar-refractivity contribution in [1.82, 2.24) is 19.7 Å². The first kappa shape index (κ1) is 26.1. The molecule has 3 aromatic carbocycles. The minimum Gasteiger partial charge on any atom is -0.484 e. The predicted molar refractivity (Wildman–Crippen MR) is 151 cm³/mol. The Morgan fingerprint density at radius 3 is 2.71 bits per heavy atom. The number of fused-ring (bicyclic) bond motifs is 1. The first-order chi connectivity index (χ1) is 18.4. The molecular weight excluding hydrogens is 545 g/mol. The van der Waals surface area contributed by atoms with Crippen LogP contribution in [0.1, 0.15) is 18.3 Å². The standard InChI is InChI=1S/C27H23ClFN5O2S2/c1-3-34-24(14-36-22-11-7-18(29)13-20(22)28)32-33-27(34)37-15-25(35)30-19-8-5-17(6-9-19)26-31-21-10-4-16(2)12-23(21)38-26/h4-13H,3,14-15H2,1-2H3,(H,30,35). The van der Waals surface area contributed by atoms with E-state index < -0.39 is 5.82 Å². The number of nitrogens with one attached hydrogen (secondary N) is 1. The molecule has 0 saturated carbocycles. The molecule has 11 heteroatoms. The Kier molecular flexibility index (Phi) is 7.92. The number of hydrogen-bond acceptors (Lipinski definition) is 7. The lowest BCUT2D eigenvalue weighted by Gasteiger charge is -2.10. The molecule has 194 valence electrons. The van der Waals surface area contributed by atoms with Crippen LogP contribution in [0.25, 0.3) is 20.8 Å². The zero-order valence-corrected chi connectivity index (χ0v) is 23.0. The van der Waals surface area contributed by atoms with Gasteiger partial charge >= 0.3 is 0 Å². The molecule has 0 aliphatic carbocycles. The van der Waals surface area contributed by atoms with Crippen molar-refractivity contribution in [3.05, 3.63) is 82.9 Å². The first-order valence-electron chi connectivity index (χ1n) is 11.8. The highest BCUT2D eigenvalue weighted by Gasteiger charge is 2.15. The summed E-state index contributed by atoms with van der Waals surface area (Å²) in [5.74, 6) is 0.518. The van der Waals surface area contributed by atoms with Gasteiger partial charge in [0.15, 0.2) is 11.0 Å². The molecule has 0 spiro atoms. The van der Waals surface area contributed by atoms with Gasteiger partial charge < -0.3 is 14.6 Å². The summed E-state index contributed by atoms with van der Waals surface area (Å²) < 4.78 is 22.0. The second kappa shape index (κ2) is 11.5. The Hall–Kier alpha value is -3.47. The number of carbonyl (C=O) groups excluding carboxylic acids is 1. The molecule has 2 aromatic heterocycles. The van der Waals surface area contributed by atoms with E-state index in [4.69, 9.17) is 21.3 Å². The lowest BCUT2D eigenvalue weighted by atomic mass is 10.2. The lowest BCUT2D eigenvalue weighted by molar-refractivity contribution is -0.113. The van der Waals surface area contributed by atoms with Crippen LogP contribution in [0.3, 0.4) is 0 Å². The van der Waals surface area contributed by atoms with Crippen LogP contribution in [0.2, 0.25) is 5.02 Å². The fraction of sp³-hybridized carbons (Fsp3) is 0.185. The number of carbonyl (C=O) groups is 1. The van der Waals surface area contributed by atoms with E-state index in [1.54, 1.807) is 11.3 Å². The van der Waals surface area contributed by atoms with Gasteiger partial charge in [-0.1, -0.05) is 29.4 Å². The van der Waals surface area contributed by atoms with Crippen molar-refractivity contribution in [2.24, 2.45) is 0 Å². The van der Waals surface area contributed by atoms with Gasteiger partial charge in [-0.25, -0.2) is 9.37 Å². The zero-order chi connectivity index (χ0) is 26.6. The third kappa shape index (κ3) is 5.98. The van der Waals surface area contributed by atoms with Gasteiger partial charge in [0.2, 0.25) is 5.91 Å². The third-order valence-electron chi connectivity index (χ3n) is 5.65. The van der Waals surface area contributed by atoms with Crippen molar-refractivity contribution < 1.29 is 13.9 Å². The normalized spacial score (nSPS) is 11.2. The number of amides is 1. The molecule has 0 saturated heterocycles. The quantitative estimate of drug-likeness (QED) is 0.193. The number of anilines is 1. The zero-order valence-electron chi connectivity index (χ0n) is 20.6. The fourth-order valence-corrected chi connectivity index (χ4v) is 5.88. The Balaban J connectivity index is 1.17. The van der Waals surface area contributed by atoms with Crippen molar-refractivity contribution in [3.8, 4) is 16.3 Å². The number of ether oxygens (including phenoxy) is 1. The Morgan fingerprint density at radius 1 is 1.13 bits per heavy atom. The Bertz CT molecular complexity index is 1600. The molecule has 0 radical (unpaired) electrons. The van der Waals surface area contributed by atoms with Crippen LogP contribution in [0, 0.1) is 12.7 Å². The van der Waals surface area contributed by atoms with Gasteiger partial charge in [0.05, 0.1) is 21.0 Å². The average molecular weight is 568 g/mol. The second-order valence-electron chi connectivity index (χ2n) is 8.41. The largest absolute Gasteiger partial charge is 0.484 e. The van der Waals surface area contributed by atoms with E-state index in [0.717, 1.165) is 20.8 Å². The minimum atomic E-state index is -0.435. The number of thiazole rings is 1. The van der Waals surface area contributed by atoms with Gasteiger partial charge in [-0.15, -0.1) is 21.5 Å². The number of halogens is 2. The molecule has 7 nitrogen and oxygen atoms in total. The van der Waals surface area contributed by atoms with Crippen LogP contribution in [-0.4, -0.2) is 31.4 Å². The smallest absolute Gasteiger partial charge is 0.234 e. The maximum absolute atomic E-state index is 13.3. The summed E-state index contributed by atoms with van der Waals surface area (Å²) in [4.78, 5) is 17.3. The number of rotatable bonds is 9. The number of nitrogens with zero attached hydrogens (tertiary/aromatic N) is 4. The van der Waals surface area contributed by atoms with Crippen LogP contribution in [0.5, 0.6) is 5.75 Å². The van der Waals surface area contributed by atoms with Gasteiger partial charge in [0, 0.05) is 17.8 Å². The van der Waals surface area contributed by atoms with E-state index in [1.807, 2.05) is 41.8 Å². The van der Waals surface area contributed by atoms with E-state index in [2.05, 4.69) is 34.6 Å². The van der Waals surface area contributed by atoms with Crippen LogP contribution in [-0.2, 0) is 17.9 Å². The topological polar surface area (TPSA) is 81.9 Å². The molecular formula is C27H23ClFN5O2S2. The molecule has 0 bridgehead atoms. The summed E-state index contributed by atoms with van der Waals surface area (Å²) in [7, 11) is 0. The van der Waals surface area contributed by atoms with Gasteiger partial charge in [0.1, 0.15) is 23.2 Å². The SMILES string of the molecule is CCn1c(COc2ccc(F)cc2Cl)nnc1SCC(=O)Nc1ccc(-c2nc3ccc(C)cc3s2)cc1. The second-order valence-corrected chi connectivity index (χ2v) is 10.8. The molecule has 5 rings (SSSR count). The van der Waals surface area contributed by atoms with Crippen molar-refractivity contribution in [1.29, 1.82) is 0 Å². The van der Waals surface area contributed by atoms with Gasteiger partial charge in [-0.3, -0.25) is 4.79 Å². The van der Waals surface area contributed by atoms with E-state index in [-0.39, 0.29) is 23.3 Å². The molecule has 0 atom stereocenters. The predicted octanol–water partition coefficient (Wildman–Crippen LogP) is 6.99. The average Bonchev–Trinajstić information content (AvgIpc) is 3.50. The molecule has 0 aliphatic rings. The van der Waals surface area contributed by atoms with Crippen molar-refractivity contribution in [3.63, 3.8) is 0 Å². The maximum Gasteiger partial charge on any atom is 0.234 e. The molecule has 5 aromatic rings. The van der Waals surface area contributed by atoms with E-state index in [1.165, 1.54) is 35.5 Å². The van der Waals surface area contributed by atoms with Crippen LogP contribution < -0.4 is 10.1 Å². The van der Waals surface area contributed by atoms with Crippen LogP contribution in [0.4, 0.5) is 10.1 Å². The highest BCUT2D eigenvalue weighted by Crippen LogP contribution is 2.31. The summed E-state index contributed by atoms with van der Waals surface area (Å²) in [5, 5.41) is 13.0. The van der Waals surface area contributed by atoms with Gasteiger partial charge in [-0.05, 0) is 74.0 Å². The van der Waals surface area contributed by atoms with Crippen LogP contribution in [0.15, 0.2) is 65.8 Å². The molecule has 1 N–H and O–H groups in total. The monoisotopic (exact) mass is 567 g/mol. The van der Waals surface area contributed by atoms with Crippen molar-refractivity contribution in [2.45, 2.75) is 32.2 Å². The molecule has 38 heavy (non-hydrogen) atoms. The molecule has 1 amide bonds. The Morgan fingerprint density at radius 2 is 1.95 bits per heavy atom. The van der Waals surface area contributed by atoms with Crippen molar-refractivity contribution in [2.75, 3.05) is 11.1 Å². The minimum absolute atomic E-state index is 0.111. The molecule has 2 heterocycles. The number of aromatic nitrogens is 4. The van der Waals surface area contributed by atoms with E-state index in [0.29, 0.717) is 29.0 Å². The summed E-state index contributed by atoms with van der Waals surface area (Å²) >= 11 is 8.97. The van der Waals surface area contributed by atoms with E-state index in [9.17, 15) is 9.18 Å². The van der Waals surface area contributed by atoms with E-state index >= 15 is 0 Å². The van der Waals surface area contributed by atoms with Gasteiger partial charge in [-0.2, -0.15) is 0 Å². The molecule has 0 aliphatic heterocycles. The van der Waals surface area contributed by atoms with Crippen molar-refractivity contribution >= 4 is 56.5 Å². The lowest BCUT2D eigenvalue weighted by Crippen LogP contribution is -2.15. The number of thioether (sulfide) groups is 1. The first-order valence-corrected chi connectivity index (χ1v) is 14.0. The molecule has 0 fully saturated rings. The number of aryl methyl sites for hydroxylation is 1. The summed E-state index contributed by atoms with van der Waals surface area (Å²) in [6.45, 7) is 4.73. The summed E-state index contributed by atoms with van der Waals surface area (Å²) in [6, 6.07) is 17.8. The van der Waals surface area contributed by atoms with Gasteiger partial charge in [0.25, 0.3) is 0 Å². The van der Waals surface area contributed by atoms with Crippen LogP contribution >= 0.6 is 34.7 Å².